The number of hydrogen-bond acceptors (Lipinski definition) is 3. The SMILES string of the molecule is Cc1ccccc1-c1nc2ccc(Cl)cc2c(=O)n1CC1CCCC(CN)C1. The summed E-state index contributed by atoms with van der Waals surface area (Å²) in [6, 6.07) is 13.5. The summed E-state index contributed by atoms with van der Waals surface area (Å²) in [6.07, 6.45) is 4.57. The quantitative estimate of drug-likeness (QED) is 0.690. The molecule has 0 aliphatic heterocycles. The molecule has 1 heterocycles. The Labute approximate surface area is 170 Å². The van der Waals surface area contributed by atoms with Crippen molar-refractivity contribution in [1.82, 2.24) is 9.55 Å². The number of rotatable bonds is 4. The molecule has 0 saturated heterocycles. The van der Waals surface area contributed by atoms with E-state index in [-0.39, 0.29) is 5.56 Å². The van der Waals surface area contributed by atoms with Gasteiger partial charge in [-0.25, -0.2) is 4.98 Å². The number of nitrogens with zero attached hydrogens (tertiary/aromatic N) is 2. The van der Waals surface area contributed by atoms with Gasteiger partial charge < -0.3 is 5.73 Å². The van der Waals surface area contributed by atoms with Gasteiger partial charge in [0.25, 0.3) is 5.56 Å². The van der Waals surface area contributed by atoms with Gasteiger partial charge in [0, 0.05) is 17.1 Å². The first-order valence-electron chi connectivity index (χ1n) is 10.0. The smallest absolute Gasteiger partial charge is 0.261 e. The van der Waals surface area contributed by atoms with Crippen molar-refractivity contribution in [3.05, 3.63) is 63.4 Å². The van der Waals surface area contributed by atoms with E-state index in [1.165, 1.54) is 12.8 Å². The molecule has 4 rings (SSSR count). The maximum atomic E-state index is 13.5. The summed E-state index contributed by atoms with van der Waals surface area (Å²) < 4.78 is 1.87. The van der Waals surface area contributed by atoms with Crippen LogP contribution in [0.15, 0.2) is 47.3 Å². The molecule has 0 radical (unpaired) electrons. The van der Waals surface area contributed by atoms with Gasteiger partial charge in [-0.15, -0.1) is 0 Å². The Bertz CT molecular complexity index is 1060. The molecule has 0 amide bonds. The molecule has 2 N–H and O–H groups in total. The van der Waals surface area contributed by atoms with Gasteiger partial charge in [-0.3, -0.25) is 9.36 Å². The average molecular weight is 396 g/mol. The normalized spacial score (nSPS) is 19.8. The third-order valence-corrected chi connectivity index (χ3v) is 6.20. The number of benzene rings is 2. The molecule has 1 saturated carbocycles. The van der Waals surface area contributed by atoms with Crippen molar-refractivity contribution < 1.29 is 0 Å². The fourth-order valence-corrected chi connectivity index (χ4v) is 4.60. The van der Waals surface area contributed by atoms with E-state index in [4.69, 9.17) is 22.3 Å². The molecule has 1 aliphatic rings. The van der Waals surface area contributed by atoms with Crippen molar-refractivity contribution >= 4 is 22.5 Å². The van der Waals surface area contributed by atoms with E-state index in [0.29, 0.717) is 34.3 Å². The highest BCUT2D eigenvalue weighted by Crippen LogP contribution is 2.31. The number of aromatic nitrogens is 2. The molecule has 1 fully saturated rings. The molecule has 1 aromatic heterocycles. The number of nitrogens with two attached hydrogens (primary N) is 1. The van der Waals surface area contributed by atoms with Crippen LogP contribution in [0.3, 0.4) is 0 Å². The molecule has 2 atom stereocenters. The molecule has 4 nitrogen and oxygen atoms in total. The standard InChI is InChI=1S/C23H26ClN3O/c1-15-5-2-3-8-19(15)22-26-21-10-9-18(24)12-20(21)23(28)27(22)14-17-7-4-6-16(11-17)13-25/h2-3,5,8-10,12,16-17H,4,6-7,11,13-14,25H2,1H3. The summed E-state index contributed by atoms with van der Waals surface area (Å²) in [7, 11) is 0. The monoisotopic (exact) mass is 395 g/mol. The highest BCUT2D eigenvalue weighted by Gasteiger charge is 2.24. The maximum Gasteiger partial charge on any atom is 0.261 e. The van der Waals surface area contributed by atoms with E-state index < -0.39 is 0 Å². The zero-order valence-electron chi connectivity index (χ0n) is 16.2. The Morgan fingerprint density at radius 2 is 1.96 bits per heavy atom. The van der Waals surface area contributed by atoms with Crippen LogP contribution < -0.4 is 11.3 Å². The van der Waals surface area contributed by atoms with E-state index in [1.54, 1.807) is 12.1 Å². The van der Waals surface area contributed by atoms with Crippen LogP contribution in [-0.4, -0.2) is 16.1 Å². The minimum absolute atomic E-state index is 0.0133. The third-order valence-electron chi connectivity index (χ3n) is 5.97. The van der Waals surface area contributed by atoms with Crippen molar-refractivity contribution in [2.45, 2.75) is 39.2 Å². The van der Waals surface area contributed by atoms with Gasteiger partial charge in [-0.2, -0.15) is 0 Å². The summed E-state index contributed by atoms with van der Waals surface area (Å²) in [5, 5.41) is 1.14. The van der Waals surface area contributed by atoms with Gasteiger partial charge in [0.1, 0.15) is 5.82 Å². The number of fused-ring (bicyclic) bond motifs is 1. The van der Waals surface area contributed by atoms with Gasteiger partial charge in [0.05, 0.1) is 10.9 Å². The van der Waals surface area contributed by atoms with Crippen molar-refractivity contribution in [3.63, 3.8) is 0 Å². The lowest BCUT2D eigenvalue weighted by molar-refractivity contribution is 0.246. The second-order valence-corrected chi connectivity index (χ2v) is 8.40. The highest BCUT2D eigenvalue weighted by molar-refractivity contribution is 6.31. The van der Waals surface area contributed by atoms with E-state index in [9.17, 15) is 4.79 Å². The van der Waals surface area contributed by atoms with Crippen LogP contribution in [0.25, 0.3) is 22.3 Å². The van der Waals surface area contributed by atoms with Gasteiger partial charge in [-0.05, 0) is 68.3 Å². The number of halogens is 1. The van der Waals surface area contributed by atoms with Crippen molar-refractivity contribution in [2.75, 3.05) is 6.54 Å². The van der Waals surface area contributed by atoms with Crippen LogP contribution in [0.1, 0.15) is 31.2 Å². The number of hydrogen-bond donors (Lipinski definition) is 1. The van der Waals surface area contributed by atoms with Gasteiger partial charge in [-0.1, -0.05) is 42.3 Å². The molecular formula is C23H26ClN3O. The Morgan fingerprint density at radius 3 is 2.75 bits per heavy atom. The molecule has 5 heteroatoms. The second kappa shape index (κ2) is 8.06. The van der Waals surface area contributed by atoms with E-state index in [1.807, 2.05) is 28.8 Å². The Hall–Kier alpha value is -2.17. The van der Waals surface area contributed by atoms with Crippen LogP contribution in [0, 0.1) is 18.8 Å². The zero-order valence-corrected chi connectivity index (χ0v) is 17.0. The molecule has 2 unspecified atom stereocenters. The lowest BCUT2D eigenvalue weighted by atomic mass is 9.81. The lowest BCUT2D eigenvalue weighted by Crippen LogP contribution is -2.30. The lowest BCUT2D eigenvalue weighted by Gasteiger charge is -2.29. The second-order valence-electron chi connectivity index (χ2n) is 7.96. The maximum absolute atomic E-state index is 13.5. The molecule has 146 valence electrons. The third kappa shape index (κ3) is 3.71. The molecule has 1 aliphatic carbocycles. The fourth-order valence-electron chi connectivity index (χ4n) is 4.43. The Balaban J connectivity index is 1.87. The van der Waals surface area contributed by atoms with E-state index in [0.717, 1.165) is 36.3 Å². The summed E-state index contributed by atoms with van der Waals surface area (Å²) >= 11 is 6.16. The minimum Gasteiger partial charge on any atom is -0.330 e. The van der Waals surface area contributed by atoms with E-state index >= 15 is 0 Å². The van der Waals surface area contributed by atoms with Crippen LogP contribution in [0.2, 0.25) is 5.02 Å². The minimum atomic E-state index is -0.0133. The van der Waals surface area contributed by atoms with Crippen molar-refractivity contribution in [1.29, 1.82) is 0 Å². The predicted molar refractivity (Wildman–Crippen MR) is 116 cm³/mol. The fraction of sp³-hybridized carbons (Fsp3) is 0.391. The van der Waals surface area contributed by atoms with Crippen molar-refractivity contribution in [3.8, 4) is 11.4 Å². The molecule has 0 spiro atoms. The first-order valence-corrected chi connectivity index (χ1v) is 10.4. The van der Waals surface area contributed by atoms with Crippen LogP contribution in [0.5, 0.6) is 0 Å². The summed E-state index contributed by atoms with van der Waals surface area (Å²) in [5.41, 5.74) is 8.71. The summed E-state index contributed by atoms with van der Waals surface area (Å²) in [5.74, 6) is 1.74. The van der Waals surface area contributed by atoms with Gasteiger partial charge in [0.2, 0.25) is 0 Å². The van der Waals surface area contributed by atoms with Crippen LogP contribution in [0.4, 0.5) is 0 Å². The molecule has 3 aromatic rings. The predicted octanol–water partition coefficient (Wildman–Crippen LogP) is 4.79. The highest BCUT2D eigenvalue weighted by atomic mass is 35.5. The molecule has 2 aromatic carbocycles. The van der Waals surface area contributed by atoms with Gasteiger partial charge >= 0.3 is 0 Å². The molecular weight excluding hydrogens is 370 g/mol. The molecule has 28 heavy (non-hydrogen) atoms. The van der Waals surface area contributed by atoms with Crippen LogP contribution in [-0.2, 0) is 6.54 Å². The Kier molecular flexibility index (Phi) is 5.51. The van der Waals surface area contributed by atoms with Crippen LogP contribution >= 0.6 is 11.6 Å². The van der Waals surface area contributed by atoms with E-state index in [2.05, 4.69) is 13.0 Å². The van der Waals surface area contributed by atoms with Crippen molar-refractivity contribution in [2.24, 2.45) is 17.6 Å². The summed E-state index contributed by atoms with van der Waals surface area (Å²) in [6.45, 7) is 3.46. The molecule has 0 bridgehead atoms. The average Bonchev–Trinajstić information content (AvgIpc) is 2.71. The number of aryl methyl sites for hydroxylation is 1. The zero-order chi connectivity index (χ0) is 19.7. The Morgan fingerprint density at radius 1 is 1.18 bits per heavy atom. The van der Waals surface area contributed by atoms with Gasteiger partial charge in [0.15, 0.2) is 0 Å². The largest absolute Gasteiger partial charge is 0.330 e. The topological polar surface area (TPSA) is 60.9 Å². The summed E-state index contributed by atoms with van der Waals surface area (Å²) in [4.78, 5) is 18.3. The first-order chi connectivity index (χ1) is 13.6. The first kappa shape index (κ1) is 19.2.